The Labute approximate surface area is 293 Å². The molecule has 51 heavy (non-hydrogen) atoms. The highest BCUT2D eigenvalue weighted by atomic mass is 32.2. The molecule has 0 saturated carbocycles. The maximum Gasteiger partial charge on any atom is 0.430 e. The molecule has 0 bridgehead atoms. The van der Waals surface area contributed by atoms with Crippen LogP contribution in [0.15, 0.2) is 72.8 Å². The lowest BCUT2D eigenvalue weighted by Gasteiger charge is -2.42. The van der Waals surface area contributed by atoms with Crippen LogP contribution in [0.5, 0.6) is 11.5 Å². The molecule has 0 spiro atoms. The molecule has 278 valence electrons. The minimum atomic E-state index is -5.19. The summed E-state index contributed by atoms with van der Waals surface area (Å²) in [4.78, 5) is 35.4. The van der Waals surface area contributed by atoms with Gasteiger partial charge in [-0.3, -0.25) is 4.79 Å². The zero-order valence-corrected chi connectivity index (χ0v) is 28.9. The molecule has 1 heterocycles. The standard InChI is InChI=1S/C32H39FN4O6S.C2HF3O2/c1-22(2)44(41,42)43-29-16-12-26(13-17-29)35-32(40)36-30(19-23-8-14-28(38)15-9-23)31(39)34-27-5-4-18-37(3,21-27)20-24-6-10-25(33)11-7-24;3-2(4,5)1(6)7/h6-17,22,27,30H,4-5,18-21H2,1-3H3,(H3-,34,35,36,38,39,40);(H,6,7)/t27-,30-,37?;/m0./s1. The van der Waals surface area contributed by atoms with Crippen LogP contribution in [0.2, 0.25) is 0 Å². The molecule has 4 N–H and O–H groups in total. The van der Waals surface area contributed by atoms with Crippen LogP contribution in [0.4, 0.5) is 28.0 Å². The van der Waals surface area contributed by atoms with Crippen LogP contribution in [0.1, 0.15) is 37.8 Å². The minimum absolute atomic E-state index is 0.0921. The number of aliphatic carboxylic acids is 1. The van der Waals surface area contributed by atoms with E-state index in [1.165, 1.54) is 62.4 Å². The molecule has 1 aliphatic heterocycles. The van der Waals surface area contributed by atoms with Crippen molar-refractivity contribution >= 4 is 33.7 Å². The molecule has 3 atom stereocenters. The Morgan fingerprint density at radius 3 is 2.10 bits per heavy atom. The largest absolute Gasteiger partial charge is 0.542 e. The monoisotopic (exact) mass is 740 g/mol. The second-order valence-corrected chi connectivity index (χ2v) is 14.7. The lowest BCUT2D eigenvalue weighted by Crippen LogP contribution is -2.59. The number of phenols is 1. The highest BCUT2D eigenvalue weighted by Gasteiger charge is 2.34. The molecular weight excluding hydrogens is 700 g/mol. The topological polar surface area (TPSA) is 174 Å². The van der Waals surface area contributed by atoms with Crippen LogP contribution < -0.4 is 25.2 Å². The Hall–Kier alpha value is -4.90. The number of quaternary nitrogens is 1. The Balaban J connectivity index is 0.000000908. The normalized spacial score (nSPS) is 18.1. The molecule has 4 rings (SSSR count). The minimum Gasteiger partial charge on any atom is -0.542 e. The lowest BCUT2D eigenvalue weighted by molar-refractivity contribution is -0.927. The number of urea groups is 1. The number of hydrogen-bond donors (Lipinski definition) is 4. The SMILES string of the molecule is CC(C)S(=O)(=O)Oc1ccc(NC(=O)N[C@@H](Cc2ccc(O)cc2)C(=O)N[C@H]2CCC[N+](C)(Cc3ccc(F)cc3)C2)cc1.O=C([O-])C(F)(F)F. The van der Waals surface area contributed by atoms with Crippen LogP contribution >= 0.6 is 0 Å². The van der Waals surface area contributed by atoms with E-state index < -0.39 is 39.6 Å². The third kappa shape index (κ3) is 13.4. The van der Waals surface area contributed by atoms with E-state index in [4.69, 9.17) is 14.1 Å². The summed E-state index contributed by atoms with van der Waals surface area (Å²) >= 11 is 0. The number of carbonyl (C=O) groups is 3. The summed E-state index contributed by atoms with van der Waals surface area (Å²) in [6, 6.07) is 17.1. The van der Waals surface area contributed by atoms with E-state index in [0.717, 1.165) is 30.5 Å². The fraction of sp³-hybridized carbons (Fsp3) is 0.382. The van der Waals surface area contributed by atoms with Crippen molar-refractivity contribution in [3.63, 3.8) is 0 Å². The van der Waals surface area contributed by atoms with Crippen molar-refractivity contribution in [1.29, 1.82) is 0 Å². The van der Waals surface area contributed by atoms with Crippen LogP contribution in [0, 0.1) is 5.82 Å². The van der Waals surface area contributed by atoms with Gasteiger partial charge >= 0.3 is 22.3 Å². The number of aromatic hydroxyl groups is 1. The number of amides is 3. The van der Waals surface area contributed by atoms with E-state index in [2.05, 4.69) is 23.0 Å². The van der Waals surface area contributed by atoms with Gasteiger partial charge < -0.3 is 39.6 Å². The van der Waals surface area contributed by atoms with E-state index in [1.54, 1.807) is 24.3 Å². The average Bonchev–Trinajstić information content (AvgIpc) is 3.03. The Morgan fingerprint density at radius 2 is 1.55 bits per heavy atom. The fourth-order valence-electron chi connectivity index (χ4n) is 5.25. The van der Waals surface area contributed by atoms with Crippen molar-refractivity contribution in [3.8, 4) is 11.5 Å². The number of nitrogens with one attached hydrogen (secondary N) is 3. The number of nitrogens with zero attached hydrogens (tertiary/aromatic N) is 1. The number of piperidine rings is 1. The highest BCUT2D eigenvalue weighted by molar-refractivity contribution is 7.87. The van der Waals surface area contributed by atoms with Gasteiger partial charge in [0.25, 0.3) is 0 Å². The van der Waals surface area contributed by atoms with Crippen LogP contribution in [-0.2, 0) is 32.7 Å². The summed E-state index contributed by atoms with van der Waals surface area (Å²) < 4.78 is 74.8. The first-order valence-corrected chi connectivity index (χ1v) is 17.3. The van der Waals surface area contributed by atoms with Crippen molar-refractivity contribution in [2.24, 2.45) is 0 Å². The zero-order valence-electron chi connectivity index (χ0n) is 28.1. The number of alkyl halides is 3. The molecule has 3 aromatic rings. The van der Waals surface area contributed by atoms with Gasteiger partial charge in [-0.1, -0.05) is 24.3 Å². The quantitative estimate of drug-likeness (QED) is 0.131. The maximum atomic E-state index is 13.6. The Bertz CT molecular complexity index is 1740. The fourth-order valence-corrected chi connectivity index (χ4v) is 5.83. The maximum absolute atomic E-state index is 13.6. The van der Waals surface area contributed by atoms with E-state index >= 15 is 0 Å². The smallest absolute Gasteiger partial charge is 0.430 e. The second kappa shape index (κ2) is 17.4. The molecule has 17 heteroatoms. The zero-order chi connectivity index (χ0) is 38.0. The predicted octanol–water partition coefficient (Wildman–Crippen LogP) is 3.61. The van der Waals surface area contributed by atoms with E-state index in [-0.39, 0.29) is 35.7 Å². The molecular formula is C34H40F4N4O8S. The summed E-state index contributed by atoms with van der Waals surface area (Å²) in [6.45, 7) is 5.34. The number of carbonyl (C=O) groups excluding carboxylic acids is 3. The van der Waals surface area contributed by atoms with Gasteiger partial charge in [0.15, 0.2) is 0 Å². The van der Waals surface area contributed by atoms with Gasteiger partial charge in [-0.05, 0) is 80.8 Å². The van der Waals surface area contributed by atoms with Crippen LogP contribution in [0.3, 0.4) is 0 Å². The van der Waals surface area contributed by atoms with Gasteiger partial charge in [0.1, 0.15) is 35.9 Å². The number of anilines is 1. The number of phenolic OH excluding ortho intramolecular Hbond substituents is 1. The highest BCUT2D eigenvalue weighted by Crippen LogP contribution is 2.22. The van der Waals surface area contributed by atoms with Gasteiger partial charge in [0, 0.05) is 17.7 Å². The number of carboxylic acids is 1. The summed E-state index contributed by atoms with van der Waals surface area (Å²) in [7, 11) is -1.64. The number of hydrogen-bond acceptors (Lipinski definition) is 8. The molecule has 1 fully saturated rings. The number of rotatable bonds is 11. The number of carboxylic acid groups (broad SMARTS) is 1. The number of likely N-dealkylation sites (N-methyl/N-ethyl adjacent to an activating group) is 1. The summed E-state index contributed by atoms with van der Waals surface area (Å²) in [5, 5.41) is 26.3. The predicted molar refractivity (Wildman–Crippen MR) is 177 cm³/mol. The van der Waals surface area contributed by atoms with Gasteiger partial charge in [0.05, 0.1) is 31.4 Å². The van der Waals surface area contributed by atoms with Crippen molar-refractivity contribution in [2.45, 2.75) is 63.2 Å². The van der Waals surface area contributed by atoms with E-state index in [9.17, 15) is 40.7 Å². The van der Waals surface area contributed by atoms with Gasteiger partial charge in [-0.2, -0.15) is 21.6 Å². The summed E-state index contributed by atoms with van der Waals surface area (Å²) in [6.07, 6.45) is -3.31. The molecule has 3 amide bonds. The van der Waals surface area contributed by atoms with Gasteiger partial charge in [0.2, 0.25) is 5.91 Å². The third-order valence-corrected chi connectivity index (χ3v) is 9.45. The molecule has 0 aromatic heterocycles. The van der Waals surface area contributed by atoms with Gasteiger partial charge in [-0.25, -0.2) is 9.18 Å². The molecule has 12 nitrogen and oxygen atoms in total. The van der Waals surface area contributed by atoms with Crippen molar-refractivity contribution in [1.82, 2.24) is 10.6 Å². The van der Waals surface area contributed by atoms with E-state index in [1.807, 2.05) is 0 Å². The first-order chi connectivity index (χ1) is 23.7. The molecule has 1 saturated heterocycles. The number of benzene rings is 3. The number of halogens is 4. The van der Waals surface area contributed by atoms with Crippen molar-refractivity contribution in [2.75, 3.05) is 25.5 Å². The molecule has 0 aliphatic carbocycles. The second-order valence-electron chi connectivity index (χ2n) is 12.6. The summed E-state index contributed by atoms with van der Waals surface area (Å²) in [5.74, 6) is -3.41. The van der Waals surface area contributed by atoms with Crippen LogP contribution in [0.25, 0.3) is 0 Å². The Morgan fingerprint density at radius 1 is 0.980 bits per heavy atom. The molecule has 1 aliphatic rings. The first kappa shape index (κ1) is 40.5. The molecule has 0 radical (unpaired) electrons. The third-order valence-electron chi connectivity index (χ3n) is 7.87. The van der Waals surface area contributed by atoms with E-state index in [0.29, 0.717) is 23.3 Å². The molecule has 3 aromatic carbocycles. The van der Waals surface area contributed by atoms with Crippen molar-refractivity contribution < 1.29 is 59.2 Å². The summed E-state index contributed by atoms with van der Waals surface area (Å²) in [5.41, 5.74) is 2.14. The number of likely N-dealkylation sites (tertiary alicyclic amines) is 1. The average molecular weight is 741 g/mol. The Kier molecular flexibility index (Phi) is 13.8. The molecule has 1 unspecified atom stereocenters. The van der Waals surface area contributed by atoms with Crippen LogP contribution in [-0.4, -0.2) is 79.6 Å². The van der Waals surface area contributed by atoms with Crippen molar-refractivity contribution in [3.05, 3.63) is 89.7 Å². The lowest BCUT2D eigenvalue weighted by atomic mass is 10.00. The van der Waals surface area contributed by atoms with Gasteiger partial charge in [-0.15, -0.1) is 0 Å². The first-order valence-electron chi connectivity index (χ1n) is 15.8.